The average Bonchev–Trinajstić information content (AvgIpc) is 3.48. The van der Waals surface area contributed by atoms with E-state index in [-0.39, 0.29) is 23.1 Å². The van der Waals surface area contributed by atoms with Crippen LogP contribution in [0.25, 0.3) is 5.69 Å². The Hall–Kier alpha value is -4.63. The molecule has 9 heteroatoms. The number of nitrogens with one attached hydrogen (secondary N) is 3. The number of urea groups is 1. The van der Waals surface area contributed by atoms with Crippen LogP contribution in [0, 0.1) is 12.8 Å². The molecule has 0 radical (unpaired) electrons. The second kappa shape index (κ2) is 14.2. The molecular formula is C37H45N5O4. The zero-order chi connectivity index (χ0) is 32.8. The number of rotatable bonds is 10. The first-order valence-corrected chi connectivity index (χ1v) is 15.9. The normalized spacial score (nSPS) is 14.4. The summed E-state index contributed by atoms with van der Waals surface area (Å²) in [7, 11) is 3.16. The summed E-state index contributed by atoms with van der Waals surface area (Å²) in [5.74, 6) is 1.99. The van der Waals surface area contributed by atoms with Gasteiger partial charge in [0.25, 0.3) is 0 Å². The molecule has 3 N–H and O–H groups in total. The van der Waals surface area contributed by atoms with Crippen molar-refractivity contribution in [3.05, 3.63) is 95.2 Å². The molecule has 242 valence electrons. The van der Waals surface area contributed by atoms with Gasteiger partial charge in [0.15, 0.2) is 5.78 Å². The Morgan fingerprint density at radius 1 is 0.957 bits per heavy atom. The fourth-order valence-electron chi connectivity index (χ4n) is 5.99. The van der Waals surface area contributed by atoms with E-state index in [9.17, 15) is 9.59 Å². The number of hydrogen-bond donors (Lipinski definition) is 3. The molecule has 1 fully saturated rings. The number of carbonyl (C=O) groups is 2. The van der Waals surface area contributed by atoms with Gasteiger partial charge in [-0.1, -0.05) is 50.6 Å². The number of aromatic nitrogens is 2. The van der Waals surface area contributed by atoms with Crippen LogP contribution in [-0.2, 0) is 5.41 Å². The summed E-state index contributed by atoms with van der Waals surface area (Å²) in [6, 6.07) is 22.7. The third kappa shape index (κ3) is 7.77. The van der Waals surface area contributed by atoms with Crippen molar-refractivity contribution in [3.63, 3.8) is 0 Å². The van der Waals surface area contributed by atoms with Gasteiger partial charge in [0, 0.05) is 23.6 Å². The number of methoxy groups -OCH3 is 2. The van der Waals surface area contributed by atoms with Gasteiger partial charge in [-0.2, -0.15) is 5.10 Å². The quantitative estimate of drug-likeness (QED) is 0.158. The first-order chi connectivity index (χ1) is 22.0. The molecule has 4 aromatic rings. The predicted molar refractivity (Wildman–Crippen MR) is 183 cm³/mol. The highest BCUT2D eigenvalue weighted by Crippen LogP contribution is 2.37. The number of ether oxygens (including phenoxy) is 2. The van der Waals surface area contributed by atoms with Gasteiger partial charge in [-0.3, -0.25) is 10.1 Å². The van der Waals surface area contributed by atoms with Crippen molar-refractivity contribution < 1.29 is 19.1 Å². The highest BCUT2D eigenvalue weighted by Gasteiger charge is 2.29. The van der Waals surface area contributed by atoms with E-state index in [2.05, 4.69) is 36.7 Å². The van der Waals surface area contributed by atoms with E-state index >= 15 is 0 Å². The lowest BCUT2D eigenvalue weighted by Crippen LogP contribution is -2.31. The zero-order valence-electron chi connectivity index (χ0n) is 27.6. The van der Waals surface area contributed by atoms with Crippen LogP contribution in [0.1, 0.15) is 73.1 Å². The molecule has 0 aliphatic carbocycles. The van der Waals surface area contributed by atoms with Crippen LogP contribution in [0.5, 0.6) is 11.5 Å². The molecule has 9 nitrogen and oxygen atoms in total. The highest BCUT2D eigenvalue weighted by molar-refractivity contribution is 6.00. The topological polar surface area (TPSA) is 107 Å². The maximum atomic E-state index is 13.8. The van der Waals surface area contributed by atoms with Crippen molar-refractivity contribution in [2.75, 3.05) is 37.9 Å². The molecule has 0 spiro atoms. The lowest BCUT2D eigenvalue weighted by Gasteiger charge is -2.31. The number of benzene rings is 3. The molecule has 3 aromatic carbocycles. The SMILES string of the molecule is COc1ccc(OC)c(C(=O)CC(c2cccc(NC(=O)Nc3cc(C(C)(C)C)nn3-c3ccc(C)cc3)c2)C2CCNCC2)c1. The van der Waals surface area contributed by atoms with Gasteiger partial charge >= 0.3 is 6.03 Å². The van der Waals surface area contributed by atoms with Gasteiger partial charge in [-0.25, -0.2) is 9.48 Å². The van der Waals surface area contributed by atoms with E-state index in [1.807, 2.05) is 61.5 Å². The molecule has 0 bridgehead atoms. The monoisotopic (exact) mass is 623 g/mol. The van der Waals surface area contributed by atoms with E-state index in [0.717, 1.165) is 48.4 Å². The number of amides is 2. The van der Waals surface area contributed by atoms with E-state index in [1.165, 1.54) is 0 Å². The van der Waals surface area contributed by atoms with Crippen molar-refractivity contribution in [1.82, 2.24) is 15.1 Å². The van der Waals surface area contributed by atoms with Gasteiger partial charge in [0.2, 0.25) is 0 Å². The van der Waals surface area contributed by atoms with Crippen LogP contribution in [0.4, 0.5) is 16.3 Å². The molecule has 2 heterocycles. The van der Waals surface area contributed by atoms with Crippen LogP contribution in [0.3, 0.4) is 0 Å². The minimum Gasteiger partial charge on any atom is -0.497 e. The lowest BCUT2D eigenvalue weighted by atomic mass is 9.77. The van der Waals surface area contributed by atoms with Crippen LogP contribution >= 0.6 is 0 Å². The Labute approximate surface area is 271 Å². The van der Waals surface area contributed by atoms with Crippen LogP contribution in [-0.4, -0.2) is 48.9 Å². The Morgan fingerprint density at radius 2 is 1.70 bits per heavy atom. The first kappa shape index (κ1) is 32.8. The maximum absolute atomic E-state index is 13.8. The third-order valence-electron chi connectivity index (χ3n) is 8.64. The van der Waals surface area contributed by atoms with E-state index in [0.29, 0.717) is 40.9 Å². The molecule has 1 saturated heterocycles. The number of carbonyl (C=O) groups excluding carboxylic acids is 2. The number of nitrogens with zero attached hydrogens (tertiary/aromatic N) is 2. The van der Waals surface area contributed by atoms with Crippen LogP contribution in [0.15, 0.2) is 72.8 Å². The molecule has 46 heavy (non-hydrogen) atoms. The number of aryl methyl sites for hydroxylation is 1. The minimum atomic E-state index is -0.374. The first-order valence-electron chi connectivity index (χ1n) is 15.9. The van der Waals surface area contributed by atoms with Crippen LogP contribution in [0.2, 0.25) is 0 Å². The van der Waals surface area contributed by atoms with E-state index < -0.39 is 0 Å². The summed E-state index contributed by atoms with van der Waals surface area (Å²) < 4.78 is 12.7. The van der Waals surface area contributed by atoms with Crippen molar-refractivity contribution in [2.45, 2.75) is 58.3 Å². The number of hydrogen-bond acceptors (Lipinski definition) is 6. The Bertz CT molecular complexity index is 1670. The van der Waals surface area contributed by atoms with Crippen molar-refractivity contribution >= 4 is 23.3 Å². The van der Waals surface area contributed by atoms with Gasteiger partial charge in [-0.05, 0) is 92.7 Å². The lowest BCUT2D eigenvalue weighted by molar-refractivity contribution is 0.0955. The molecule has 1 aromatic heterocycles. The minimum absolute atomic E-state index is 0.00518. The van der Waals surface area contributed by atoms with Crippen molar-refractivity contribution in [2.24, 2.45) is 5.92 Å². The van der Waals surface area contributed by atoms with Crippen LogP contribution < -0.4 is 25.4 Å². The Morgan fingerprint density at radius 3 is 2.37 bits per heavy atom. The second-order valence-electron chi connectivity index (χ2n) is 13.0. The average molecular weight is 624 g/mol. The molecule has 0 saturated carbocycles. The number of Topliss-reactive ketones (excluding diaryl/α,β-unsaturated/α-hetero) is 1. The van der Waals surface area contributed by atoms with Crippen molar-refractivity contribution in [3.8, 4) is 17.2 Å². The molecule has 5 rings (SSSR count). The number of anilines is 2. The van der Waals surface area contributed by atoms with Crippen molar-refractivity contribution in [1.29, 1.82) is 0 Å². The standard InChI is InChI=1S/C37H45N5O4/c1-24-10-12-28(13-11-24)42-35(23-34(41-42)37(2,3)4)40-36(44)39-27-9-7-8-26(20-27)30(25-16-18-38-19-17-25)22-32(43)31-21-29(45-5)14-15-33(31)46-6/h7-15,20-21,23,25,30,38H,16-19,22H2,1-6H3,(H2,39,40,44). The van der Waals surface area contributed by atoms with E-state index in [4.69, 9.17) is 14.6 Å². The Balaban J connectivity index is 1.39. The smallest absolute Gasteiger partial charge is 0.324 e. The zero-order valence-corrected chi connectivity index (χ0v) is 27.6. The summed E-state index contributed by atoms with van der Waals surface area (Å²) in [5.41, 5.74) is 4.85. The summed E-state index contributed by atoms with van der Waals surface area (Å²) in [5, 5.41) is 14.3. The van der Waals surface area contributed by atoms with E-state index in [1.54, 1.807) is 37.1 Å². The molecule has 1 atom stereocenters. The molecule has 1 aliphatic heterocycles. The number of piperidine rings is 1. The molecule has 2 amide bonds. The fourth-order valence-corrected chi connectivity index (χ4v) is 5.99. The highest BCUT2D eigenvalue weighted by atomic mass is 16.5. The van der Waals surface area contributed by atoms with Gasteiger partial charge in [0.1, 0.15) is 17.3 Å². The second-order valence-corrected chi connectivity index (χ2v) is 13.0. The third-order valence-corrected chi connectivity index (χ3v) is 8.64. The maximum Gasteiger partial charge on any atom is 0.324 e. The summed E-state index contributed by atoms with van der Waals surface area (Å²) in [6.07, 6.45) is 2.24. The number of ketones is 1. The van der Waals surface area contributed by atoms with Gasteiger partial charge < -0.3 is 20.1 Å². The van der Waals surface area contributed by atoms with Gasteiger partial charge in [0.05, 0.1) is 31.2 Å². The summed E-state index contributed by atoms with van der Waals surface area (Å²) in [4.78, 5) is 27.2. The Kier molecular flexibility index (Phi) is 10.1. The van der Waals surface area contributed by atoms with Gasteiger partial charge in [-0.15, -0.1) is 0 Å². The summed E-state index contributed by atoms with van der Waals surface area (Å²) >= 11 is 0. The largest absolute Gasteiger partial charge is 0.497 e. The summed E-state index contributed by atoms with van der Waals surface area (Å²) in [6.45, 7) is 10.1. The fraction of sp³-hybridized carbons (Fsp3) is 0.378. The molecular weight excluding hydrogens is 578 g/mol. The molecule has 1 aliphatic rings. The predicted octanol–water partition coefficient (Wildman–Crippen LogP) is 7.50. The molecule has 1 unspecified atom stereocenters.